The van der Waals surface area contributed by atoms with Gasteiger partial charge in [-0.15, -0.1) is 0 Å². The molecule has 2 fully saturated rings. The molecule has 0 radical (unpaired) electrons. The van der Waals surface area contributed by atoms with Gasteiger partial charge in [0.1, 0.15) is 0 Å². The maximum atomic E-state index is 12.2. The first-order chi connectivity index (χ1) is 8.16. The number of nitrogens with one attached hydrogen (secondary N) is 1. The van der Waals surface area contributed by atoms with Crippen LogP contribution in [0.5, 0.6) is 0 Å². The highest BCUT2D eigenvalue weighted by molar-refractivity contribution is 5.78. The van der Waals surface area contributed by atoms with Gasteiger partial charge in [-0.05, 0) is 25.7 Å². The second kappa shape index (κ2) is 5.83. The van der Waals surface area contributed by atoms with Crippen molar-refractivity contribution in [2.75, 3.05) is 39.3 Å². The summed E-state index contributed by atoms with van der Waals surface area (Å²) in [7, 11) is 0. The summed E-state index contributed by atoms with van der Waals surface area (Å²) in [4.78, 5) is 16.5. The van der Waals surface area contributed by atoms with Crippen LogP contribution in [-0.4, -0.2) is 61.0 Å². The fourth-order valence-corrected chi connectivity index (χ4v) is 2.65. The lowest BCUT2D eigenvalue weighted by atomic mass is 9.99. The van der Waals surface area contributed by atoms with Gasteiger partial charge in [-0.1, -0.05) is 6.92 Å². The fraction of sp³-hybridized carbons (Fsp3) is 0.923. The van der Waals surface area contributed by atoms with Crippen molar-refractivity contribution < 1.29 is 4.79 Å². The molecule has 1 amide bonds. The molecule has 2 rings (SSSR count). The molecule has 0 aromatic carbocycles. The summed E-state index contributed by atoms with van der Waals surface area (Å²) in [6, 6.07) is 0.483. The Kier molecular flexibility index (Phi) is 4.40. The molecular weight excluding hydrogens is 214 g/mol. The van der Waals surface area contributed by atoms with Gasteiger partial charge in [-0.25, -0.2) is 0 Å². The van der Waals surface area contributed by atoms with Crippen LogP contribution in [0.1, 0.15) is 26.7 Å². The molecule has 1 N–H and O–H groups in total. The third-order valence-electron chi connectivity index (χ3n) is 4.11. The predicted molar refractivity (Wildman–Crippen MR) is 68.9 cm³/mol. The van der Waals surface area contributed by atoms with Gasteiger partial charge >= 0.3 is 0 Å². The van der Waals surface area contributed by atoms with Crippen molar-refractivity contribution in [1.29, 1.82) is 0 Å². The summed E-state index contributed by atoms with van der Waals surface area (Å²) >= 11 is 0. The maximum Gasteiger partial charge on any atom is 0.236 e. The van der Waals surface area contributed by atoms with Crippen molar-refractivity contribution >= 4 is 5.91 Å². The second-order valence-corrected chi connectivity index (χ2v) is 5.59. The lowest BCUT2D eigenvalue weighted by Crippen LogP contribution is -2.53. The van der Waals surface area contributed by atoms with Crippen LogP contribution >= 0.6 is 0 Å². The topological polar surface area (TPSA) is 35.6 Å². The number of carbonyl (C=O) groups is 1. The molecule has 4 heteroatoms. The number of piperazine rings is 1. The molecule has 98 valence electrons. The van der Waals surface area contributed by atoms with Crippen LogP contribution in [-0.2, 0) is 4.79 Å². The number of hydrogen-bond acceptors (Lipinski definition) is 3. The first kappa shape index (κ1) is 12.8. The summed E-state index contributed by atoms with van der Waals surface area (Å²) in [6.07, 6.45) is 2.34. The van der Waals surface area contributed by atoms with Crippen LogP contribution < -0.4 is 5.32 Å². The number of rotatable bonds is 2. The largest absolute Gasteiger partial charge is 0.342 e. The summed E-state index contributed by atoms with van der Waals surface area (Å²) < 4.78 is 0. The quantitative estimate of drug-likeness (QED) is 0.764. The molecule has 0 aromatic rings. The number of nitrogens with zero attached hydrogens (tertiary/aromatic N) is 2. The number of piperidine rings is 1. The Balaban J connectivity index is 1.79. The van der Waals surface area contributed by atoms with Crippen LogP contribution in [0.4, 0.5) is 0 Å². The van der Waals surface area contributed by atoms with Crippen LogP contribution in [0.3, 0.4) is 0 Å². The van der Waals surface area contributed by atoms with Crippen molar-refractivity contribution in [3.05, 3.63) is 0 Å². The van der Waals surface area contributed by atoms with E-state index in [0.29, 0.717) is 18.5 Å². The van der Waals surface area contributed by atoms with Crippen molar-refractivity contribution in [3.8, 4) is 0 Å². The summed E-state index contributed by atoms with van der Waals surface area (Å²) in [5.41, 5.74) is 0. The monoisotopic (exact) mass is 239 g/mol. The molecule has 4 nitrogen and oxygen atoms in total. The van der Waals surface area contributed by atoms with Gasteiger partial charge in [-0.2, -0.15) is 0 Å². The van der Waals surface area contributed by atoms with Gasteiger partial charge in [0.2, 0.25) is 5.91 Å². The Morgan fingerprint density at radius 3 is 2.59 bits per heavy atom. The van der Waals surface area contributed by atoms with E-state index in [1.807, 2.05) is 0 Å². The molecule has 2 aliphatic rings. The minimum absolute atomic E-state index is 0.325. The zero-order chi connectivity index (χ0) is 12.3. The third-order valence-corrected chi connectivity index (χ3v) is 4.11. The van der Waals surface area contributed by atoms with Gasteiger partial charge in [0.25, 0.3) is 0 Å². The Morgan fingerprint density at radius 2 is 1.94 bits per heavy atom. The molecule has 0 unspecified atom stereocenters. The summed E-state index contributed by atoms with van der Waals surface area (Å²) in [6.45, 7) is 10.0. The van der Waals surface area contributed by atoms with Crippen LogP contribution in [0.25, 0.3) is 0 Å². The average molecular weight is 239 g/mol. The lowest BCUT2D eigenvalue weighted by Gasteiger charge is -2.36. The first-order valence-electron chi connectivity index (χ1n) is 6.89. The standard InChI is InChI=1S/C13H25N3O/c1-11-3-6-15(7-4-11)13(17)10-16-8-5-14-9-12(16)2/h11-12,14H,3-10H2,1-2H3/t12-/m0/s1. The minimum atomic E-state index is 0.325. The molecule has 2 aliphatic heterocycles. The van der Waals surface area contributed by atoms with Crippen molar-refractivity contribution in [2.45, 2.75) is 32.7 Å². The van der Waals surface area contributed by atoms with E-state index in [1.165, 1.54) is 12.8 Å². The molecule has 0 aliphatic carbocycles. The van der Waals surface area contributed by atoms with Gasteiger partial charge < -0.3 is 10.2 Å². The van der Waals surface area contributed by atoms with E-state index in [9.17, 15) is 4.79 Å². The summed E-state index contributed by atoms with van der Waals surface area (Å²) in [5, 5.41) is 3.36. The molecular formula is C13H25N3O. The lowest BCUT2D eigenvalue weighted by molar-refractivity contribution is -0.134. The van der Waals surface area contributed by atoms with E-state index >= 15 is 0 Å². The maximum absolute atomic E-state index is 12.2. The molecule has 0 spiro atoms. The van der Waals surface area contributed by atoms with Gasteiger partial charge in [0.15, 0.2) is 0 Å². The zero-order valence-electron chi connectivity index (χ0n) is 11.1. The van der Waals surface area contributed by atoms with E-state index in [1.54, 1.807) is 0 Å². The number of likely N-dealkylation sites (tertiary alicyclic amines) is 1. The second-order valence-electron chi connectivity index (χ2n) is 5.59. The van der Waals surface area contributed by atoms with Gasteiger partial charge in [0, 0.05) is 38.8 Å². The number of amides is 1. The highest BCUT2D eigenvalue weighted by Crippen LogP contribution is 2.16. The van der Waals surface area contributed by atoms with Gasteiger partial charge in [-0.3, -0.25) is 9.69 Å². The van der Waals surface area contributed by atoms with E-state index in [2.05, 4.69) is 29.0 Å². The summed E-state index contributed by atoms with van der Waals surface area (Å²) in [5.74, 6) is 1.11. The van der Waals surface area contributed by atoms with Crippen molar-refractivity contribution in [2.24, 2.45) is 5.92 Å². The van der Waals surface area contributed by atoms with Crippen LogP contribution in [0.15, 0.2) is 0 Å². The Hall–Kier alpha value is -0.610. The SMILES string of the molecule is CC1CCN(C(=O)CN2CCNC[C@@H]2C)CC1. The van der Waals surface area contributed by atoms with E-state index in [-0.39, 0.29) is 0 Å². The first-order valence-corrected chi connectivity index (χ1v) is 6.89. The average Bonchev–Trinajstić information content (AvgIpc) is 2.33. The third kappa shape index (κ3) is 3.42. The van der Waals surface area contributed by atoms with Crippen LogP contribution in [0.2, 0.25) is 0 Å². The Labute approximate surface area is 104 Å². The van der Waals surface area contributed by atoms with Crippen molar-refractivity contribution in [1.82, 2.24) is 15.1 Å². The molecule has 1 atom stereocenters. The Bertz CT molecular complexity index is 261. The number of hydrogen-bond donors (Lipinski definition) is 1. The molecule has 2 saturated heterocycles. The van der Waals surface area contributed by atoms with Gasteiger partial charge in [0.05, 0.1) is 6.54 Å². The highest BCUT2D eigenvalue weighted by Gasteiger charge is 2.25. The van der Waals surface area contributed by atoms with Crippen LogP contribution in [0, 0.1) is 5.92 Å². The molecule has 0 bridgehead atoms. The minimum Gasteiger partial charge on any atom is -0.342 e. The van der Waals surface area contributed by atoms with E-state index in [0.717, 1.165) is 38.6 Å². The predicted octanol–water partition coefficient (Wildman–Crippen LogP) is 0.539. The van der Waals surface area contributed by atoms with E-state index < -0.39 is 0 Å². The molecule has 0 aromatic heterocycles. The molecule has 0 saturated carbocycles. The molecule has 2 heterocycles. The molecule has 17 heavy (non-hydrogen) atoms. The smallest absolute Gasteiger partial charge is 0.236 e. The number of carbonyl (C=O) groups excluding carboxylic acids is 1. The van der Waals surface area contributed by atoms with Crippen molar-refractivity contribution in [3.63, 3.8) is 0 Å². The highest BCUT2D eigenvalue weighted by atomic mass is 16.2. The Morgan fingerprint density at radius 1 is 1.24 bits per heavy atom. The fourth-order valence-electron chi connectivity index (χ4n) is 2.65. The normalized spacial score (nSPS) is 28.4. The van der Waals surface area contributed by atoms with E-state index in [4.69, 9.17) is 0 Å². The zero-order valence-corrected chi connectivity index (χ0v) is 11.1.